The highest BCUT2D eigenvalue weighted by atomic mass is 35.5. The number of aromatic nitrogens is 3. The van der Waals surface area contributed by atoms with Gasteiger partial charge in [-0.2, -0.15) is 5.10 Å². The highest BCUT2D eigenvalue weighted by Crippen LogP contribution is 2.41. The fourth-order valence-corrected chi connectivity index (χ4v) is 4.20. The normalized spacial score (nSPS) is 21.5. The van der Waals surface area contributed by atoms with E-state index >= 15 is 0 Å². The van der Waals surface area contributed by atoms with Crippen molar-refractivity contribution in [2.75, 3.05) is 6.61 Å². The van der Waals surface area contributed by atoms with Crippen molar-refractivity contribution in [1.82, 2.24) is 19.9 Å². The number of imidazole rings is 1. The van der Waals surface area contributed by atoms with Crippen LogP contribution in [0.3, 0.4) is 0 Å². The van der Waals surface area contributed by atoms with Gasteiger partial charge in [0.15, 0.2) is 5.65 Å². The minimum Gasteiger partial charge on any atom is -0.449 e. The van der Waals surface area contributed by atoms with Crippen LogP contribution in [-0.4, -0.2) is 27.3 Å². The fraction of sp³-hybridized carbons (Fsp3) is 0.435. The van der Waals surface area contributed by atoms with Crippen LogP contribution in [0.2, 0.25) is 0 Å². The molecule has 1 aromatic carbocycles. The number of nitrogens with zero attached hydrogens (tertiary/aromatic N) is 3. The van der Waals surface area contributed by atoms with Gasteiger partial charge < -0.3 is 10.1 Å². The Balaban J connectivity index is 1.49. The van der Waals surface area contributed by atoms with Crippen molar-refractivity contribution < 1.29 is 9.53 Å². The maximum absolute atomic E-state index is 12.4. The summed E-state index contributed by atoms with van der Waals surface area (Å²) in [5.41, 5.74) is 3.27. The third-order valence-corrected chi connectivity index (χ3v) is 6.32. The zero-order valence-corrected chi connectivity index (χ0v) is 17.9. The quantitative estimate of drug-likeness (QED) is 0.572. The highest BCUT2D eigenvalue weighted by Gasteiger charge is 2.39. The Morgan fingerprint density at radius 2 is 2.00 bits per heavy atom. The van der Waals surface area contributed by atoms with E-state index in [-0.39, 0.29) is 5.41 Å². The minimum absolute atomic E-state index is 0.286. The predicted octanol–water partition coefficient (Wildman–Crippen LogP) is 4.84. The zero-order valence-electron chi connectivity index (χ0n) is 17.2. The van der Waals surface area contributed by atoms with Crippen molar-refractivity contribution in [3.05, 3.63) is 65.6 Å². The van der Waals surface area contributed by atoms with Gasteiger partial charge in [-0.25, -0.2) is 14.3 Å². The first-order valence-corrected chi connectivity index (χ1v) is 11.0. The molecule has 0 bridgehead atoms. The average molecular weight is 427 g/mol. The molecule has 0 atom stereocenters. The second-order valence-corrected chi connectivity index (χ2v) is 8.53. The molecule has 0 saturated heterocycles. The van der Waals surface area contributed by atoms with Crippen LogP contribution in [0.4, 0.5) is 4.79 Å². The van der Waals surface area contributed by atoms with Gasteiger partial charge in [0.05, 0.1) is 23.5 Å². The molecular formula is C23H27ClN4O2. The zero-order chi connectivity index (χ0) is 21.0. The van der Waals surface area contributed by atoms with Crippen LogP contribution in [0.1, 0.15) is 49.6 Å². The summed E-state index contributed by atoms with van der Waals surface area (Å²) in [6.07, 6.45) is 5.61. The number of benzene rings is 1. The number of hydrogen-bond donors (Lipinski definition) is 1. The SMILES string of the molecule is CC1CCC(COC(=O)NCc2ccccc2)(c2cn3nc(CCl)ccc3n2)CC1. The standard InChI is InChI=1S/C23H27ClN4O2/c1-17-9-11-23(12-10-17,16-30-22(29)25-14-18-5-3-2-4-6-18)20-15-28-21(26-20)8-7-19(13-24)27-28/h2-8,15,17H,9-14,16H2,1H3,(H,25,29). The average Bonchev–Trinajstić information content (AvgIpc) is 3.22. The lowest BCUT2D eigenvalue weighted by molar-refractivity contribution is 0.0889. The van der Waals surface area contributed by atoms with Gasteiger partial charge >= 0.3 is 6.09 Å². The van der Waals surface area contributed by atoms with Crippen LogP contribution < -0.4 is 5.32 Å². The van der Waals surface area contributed by atoms with E-state index in [4.69, 9.17) is 21.3 Å². The maximum Gasteiger partial charge on any atom is 0.407 e. The Kier molecular flexibility index (Phi) is 6.23. The molecule has 2 heterocycles. The van der Waals surface area contributed by atoms with E-state index < -0.39 is 6.09 Å². The lowest BCUT2D eigenvalue weighted by atomic mass is 9.69. The molecule has 3 aromatic rings. The number of rotatable bonds is 6. The summed E-state index contributed by atoms with van der Waals surface area (Å²) in [5, 5.41) is 7.36. The van der Waals surface area contributed by atoms with Crippen molar-refractivity contribution in [1.29, 1.82) is 0 Å². The molecule has 1 N–H and O–H groups in total. The van der Waals surface area contributed by atoms with Crippen LogP contribution in [0, 0.1) is 5.92 Å². The van der Waals surface area contributed by atoms with E-state index in [2.05, 4.69) is 17.3 Å². The summed E-state index contributed by atoms with van der Waals surface area (Å²) in [6, 6.07) is 13.6. The molecule has 1 saturated carbocycles. The van der Waals surface area contributed by atoms with Crippen molar-refractivity contribution in [3.8, 4) is 0 Å². The molecule has 2 aromatic heterocycles. The van der Waals surface area contributed by atoms with Crippen molar-refractivity contribution >= 4 is 23.3 Å². The van der Waals surface area contributed by atoms with Crippen LogP contribution >= 0.6 is 11.6 Å². The Morgan fingerprint density at radius 3 is 2.73 bits per heavy atom. The first-order valence-electron chi connectivity index (χ1n) is 10.4. The molecule has 1 aliphatic carbocycles. The number of alkyl carbamates (subject to hydrolysis) is 1. The molecule has 6 nitrogen and oxygen atoms in total. The number of nitrogens with one attached hydrogen (secondary N) is 1. The van der Waals surface area contributed by atoms with Gasteiger partial charge in [-0.05, 0) is 49.3 Å². The Labute approximate surface area is 181 Å². The summed E-state index contributed by atoms with van der Waals surface area (Å²) in [6.45, 7) is 3.03. The lowest BCUT2D eigenvalue weighted by Gasteiger charge is -2.37. The molecule has 0 radical (unpaired) electrons. The summed E-state index contributed by atoms with van der Waals surface area (Å²) < 4.78 is 7.48. The second-order valence-electron chi connectivity index (χ2n) is 8.27. The number of amides is 1. The van der Waals surface area contributed by atoms with Crippen LogP contribution in [0.25, 0.3) is 5.65 Å². The molecule has 1 aliphatic rings. The van der Waals surface area contributed by atoms with E-state index in [9.17, 15) is 4.79 Å². The summed E-state index contributed by atoms with van der Waals surface area (Å²) in [4.78, 5) is 17.2. The summed E-state index contributed by atoms with van der Waals surface area (Å²) in [5.74, 6) is 1.03. The molecule has 0 spiro atoms. The molecular weight excluding hydrogens is 400 g/mol. The van der Waals surface area contributed by atoms with Crippen molar-refractivity contribution in [3.63, 3.8) is 0 Å². The largest absolute Gasteiger partial charge is 0.449 e. The van der Waals surface area contributed by atoms with Crippen molar-refractivity contribution in [2.45, 2.75) is 50.4 Å². The monoisotopic (exact) mass is 426 g/mol. The first kappa shape index (κ1) is 20.7. The smallest absolute Gasteiger partial charge is 0.407 e. The van der Waals surface area contributed by atoms with Crippen LogP contribution in [0.15, 0.2) is 48.7 Å². The number of fused-ring (bicyclic) bond motifs is 1. The van der Waals surface area contributed by atoms with E-state index in [1.807, 2.05) is 48.7 Å². The molecule has 1 amide bonds. The molecule has 1 fully saturated rings. The van der Waals surface area contributed by atoms with Crippen molar-refractivity contribution in [2.24, 2.45) is 5.92 Å². The minimum atomic E-state index is -0.400. The number of carbonyl (C=O) groups excluding carboxylic acids is 1. The van der Waals surface area contributed by atoms with Gasteiger partial charge in [0.1, 0.15) is 6.61 Å². The van der Waals surface area contributed by atoms with E-state index in [1.54, 1.807) is 4.52 Å². The first-order chi connectivity index (χ1) is 14.6. The Hall–Kier alpha value is -2.60. The Bertz CT molecular complexity index is 997. The van der Waals surface area contributed by atoms with Crippen LogP contribution in [0.5, 0.6) is 0 Å². The third-order valence-electron chi connectivity index (χ3n) is 6.05. The number of carbonyl (C=O) groups is 1. The molecule has 0 unspecified atom stereocenters. The number of alkyl halides is 1. The van der Waals surface area contributed by atoms with Crippen LogP contribution in [-0.2, 0) is 22.6 Å². The lowest BCUT2D eigenvalue weighted by Crippen LogP contribution is -2.39. The van der Waals surface area contributed by atoms with Gasteiger partial charge in [-0.3, -0.25) is 0 Å². The van der Waals surface area contributed by atoms with E-state index in [0.29, 0.717) is 24.9 Å². The van der Waals surface area contributed by atoms with Gasteiger partial charge in [0.2, 0.25) is 0 Å². The molecule has 30 heavy (non-hydrogen) atoms. The van der Waals surface area contributed by atoms with Gasteiger partial charge in [0.25, 0.3) is 0 Å². The number of ether oxygens (including phenoxy) is 1. The van der Waals surface area contributed by atoms with E-state index in [0.717, 1.165) is 48.3 Å². The molecule has 158 valence electrons. The third kappa shape index (κ3) is 4.59. The fourth-order valence-electron chi connectivity index (χ4n) is 4.06. The maximum atomic E-state index is 12.4. The summed E-state index contributed by atoms with van der Waals surface area (Å²) >= 11 is 5.92. The molecule has 0 aliphatic heterocycles. The highest BCUT2D eigenvalue weighted by molar-refractivity contribution is 6.16. The van der Waals surface area contributed by atoms with Gasteiger partial charge in [-0.15, -0.1) is 11.6 Å². The Morgan fingerprint density at radius 1 is 1.23 bits per heavy atom. The second kappa shape index (κ2) is 9.04. The molecule has 7 heteroatoms. The number of halogens is 1. The topological polar surface area (TPSA) is 68.5 Å². The summed E-state index contributed by atoms with van der Waals surface area (Å²) in [7, 11) is 0. The van der Waals surface area contributed by atoms with Gasteiger partial charge in [-0.1, -0.05) is 37.3 Å². The molecule has 4 rings (SSSR count). The number of hydrogen-bond acceptors (Lipinski definition) is 4. The van der Waals surface area contributed by atoms with E-state index in [1.165, 1.54) is 0 Å². The van der Waals surface area contributed by atoms with Gasteiger partial charge in [0, 0.05) is 12.0 Å². The predicted molar refractivity (Wildman–Crippen MR) is 116 cm³/mol.